The molecule has 12 rings (SSSR count). The van der Waals surface area contributed by atoms with Gasteiger partial charge in [0.25, 0.3) is 28.7 Å². The van der Waals surface area contributed by atoms with Crippen LogP contribution < -0.4 is 71.6 Å². The number of nitrogens with zero attached hydrogens (tertiary/aromatic N) is 12. The molecule has 0 fully saturated rings. The fourth-order valence-corrected chi connectivity index (χ4v) is 12.4. The van der Waals surface area contributed by atoms with Gasteiger partial charge in [0.2, 0.25) is 0 Å². The Morgan fingerprint density at radius 2 is 0.661 bits per heavy atom. The summed E-state index contributed by atoms with van der Waals surface area (Å²) < 4.78 is 162. The Balaban J connectivity index is 0.000000189. The van der Waals surface area contributed by atoms with Gasteiger partial charge in [-0.15, -0.1) is 39.5 Å². The van der Waals surface area contributed by atoms with Crippen molar-refractivity contribution in [1.29, 1.82) is 0 Å². The van der Waals surface area contributed by atoms with Gasteiger partial charge in [-0.2, -0.15) is 9.97 Å². The highest BCUT2D eigenvalue weighted by molar-refractivity contribution is 9.10. The predicted octanol–water partition coefficient (Wildman–Crippen LogP) is 13.2. The van der Waals surface area contributed by atoms with Gasteiger partial charge in [0.1, 0.15) is 67.5 Å². The molecule has 6 heterocycles. The highest BCUT2D eigenvalue weighted by Gasteiger charge is 2.34. The van der Waals surface area contributed by atoms with Crippen LogP contribution in [0.2, 0.25) is 15.1 Å². The third-order valence-electron chi connectivity index (χ3n) is 17.0. The first-order valence-corrected chi connectivity index (χ1v) is 37.9. The van der Waals surface area contributed by atoms with Gasteiger partial charge in [-0.3, -0.25) is 50.9 Å². The lowest BCUT2D eigenvalue weighted by Crippen LogP contribution is -2.39. The Morgan fingerprint density at radius 1 is 0.373 bits per heavy atom. The molecular weight excluding hydrogens is 1710 g/mol. The van der Waals surface area contributed by atoms with Gasteiger partial charge in [-0.25, -0.2) is 19.4 Å². The third-order valence-corrected chi connectivity index (χ3v) is 18.4. The number of ether oxygens (including phenoxy) is 8. The normalized spacial score (nSPS) is 11.5. The van der Waals surface area contributed by atoms with Gasteiger partial charge in [0.15, 0.2) is 38.2 Å². The Kier molecular flexibility index (Phi) is 31.7. The number of fused-ring (bicyclic) bond motifs is 3. The minimum absolute atomic E-state index is 0.0191. The average molecular weight is 1780 g/mol. The maximum atomic E-state index is 13.4. The number of rotatable bonds is 31. The number of hydrogen-bond donors (Lipinski definition) is 2. The van der Waals surface area contributed by atoms with Crippen LogP contribution in [0.1, 0.15) is 62.6 Å². The van der Waals surface area contributed by atoms with Gasteiger partial charge in [-0.1, -0.05) is 116 Å². The fraction of sp³-hybridized carbons (Fsp3) is 0.338. The zero-order chi connectivity index (χ0) is 85.8. The van der Waals surface area contributed by atoms with Crippen molar-refractivity contribution in [2.45, 2.75) is 104 Å². The van der Waals surface area contributed by atoms with Crippen LogP contribution in [-0.4, -0.2) is 132 Å². The van der Waals surface area contributed by atoms with Crippen molar-refractivity contribution in [2.75, 3.05) is 46.2 Å². The summed E-state index contributed by atoms with van der Waals surface area (Å²) in [4.78, 5) is 91.0. The molecule has 6 aromatic heterocycles. The number of aliphatic hydroxyl groups excluding tert-OH is 2. The summed E-state index contributed by atoms with van der Waals surface area (Å²) in [6, 6.07) is 36.8. The summed E-state index contributed by atoms with van der Waals surface area (Å²) >= 11 is 21.4. The quantitative estimate of drug-likeness (QED) is 0.0232. The van der Waals surface area contributed by atoms with E-state index in [1.807, 2.05) is 26.0 Å². The molecule has 0 bridgehead atoms. The minimum atomic E-state index is -4.83. The molecule has 0 aliphatic carbocycles. The average Bonchev–Trinajstić information content (AvgIpc) is 1.64. The molecule has 0 saturated heterocycles. The van der Waals surface area contributed by atoms with Crippen molar-refractivity contribution in [3.8, 4) is 46.5 Å². The number of alkyl halides is 9. The maximum absolute atomic E-state index is 13.4. The molecule has 2 N–H and O–H groups in total. The number of hydrogen-bond acceptors (Lipinski definition) is 19. The molecule has 118 heavy (non-hydrogen) atoms. The molecule has 0 amide bonds. The van der Waals surface area contributed by atoms with E-state index < -0.39 is 53.1 Å². The fourth-order valence-electron chi connectivity index (χ4n) is 11.5. The van der Waals surface area contributed by atoms with E-state index in [-0.39, 0.29) is 147 Å². The van der Waals surface area contributed by atoms with Crippen molar-refractivity contribution in [1.82, 2.24) is 56.1 Å². The van der Waals surface area contributed by atoms with Gasteiger partial charge < -0.3 is 52.7 Å². The van der Waals surface area contributed by atoms with Crippen LogP contribution in [0.5, 0.6) is 46.5 Å². The number of halogens is 13. The molecule has 12 aromatic rings. The van der Waals surface area contributed by atoms with Crippen LogP contribution in [0.3, 0.4) is 0 Å². The van der Waals surface area contributed by atoms with Crippen molar-refractivity contribution in [3.63, 3.8) is 0 Å². The first-order valence-electron chi connectivity index (χ1n) is 36.0. The van der Waals surface area contributed by atoms with E-state index in [1.54, 1.807) is 76.8 Å². The summed E-state index contributed by atoms with van der Waals surface area (Å²) in [7, 11) is 4.65. The summed E-state index contributed by atoms with van der Waals surface area (Å²) in [5.74, 6) is -0.695. The Hall–Kier alpha value is -11.2. The number of aliphatic hydroxyl groups is 2. The van der Waals surface area contributed by atoms with E-state index >= 15 is 0 Å². The number of aryl methyl sites for hydroxylation is 3. The van der Waals surface area contributed by atoms with Crippen LogP contribution in [0, 0.1) is 0 Å². The van der Waals surface area contributed by atoms with E-state index in [2.05, 4.69) is 45.1 Å². The van der Waals surface area contributed by atoms with Gasteiger partial charge in [0, 0.05) is 80.7 Å². The predicted molar refractivity (Wildman–Crippen MR) is 423 cm³/mol. The Bertz CT molecular complexity index is 5560. The smallest absolute Gasteiger partial charge is 0.491 e. The highest BCUT2D eigenvalue weighted by Crippen LogP contribution is 2.31. The molecule has 0 spiro atoms. The van der Waals surface area contributed by atoms with E-state index in [0.717, 1.165) is 70.9 Å². The van der Waals surface area contributed by atoms with Crippen LogP contribution in [-0.2, 0) is 60.4 Å². The molecule has 0 aliphatic rings. The number of benzene rings is 6. The van der Waals surface area contributed by atoms with Crippen molar-refractivity contribution in [2.24, 2.45) is 21.1 Å². The SMILES string of the molecule is CCCCn1c(=O)c2c(nc(Br)n2Cc2ccc(Cl)cc2)n(C)c1=O.CCCCn1c(=O)c2c(nc(OCCOc3cccc(OC(F)(F)F)c3)n2Cc2ccc(Cl)cc2)n(C)c1=O.Cn1c(=O)n(CCCO)c(=O)c2c1nc(OCCOc1cccc(OC(F)(F)F)c1)n2Cc1ccc(Cl)cc1.OCCOc1cccc(OC(F)(F)F)c1. The van der Waals surface area contributed by atoms with Gasteiger partial charge in [-0.05, 0) is 125 Å². The number of unbranched alkanes of at least 4 members (excludes halogenated alkanes) is 2. The topological polar surface area (TPSA) is 300 Å². The lowest BCUT2D eigenvalue weighted by Gasteiger charge is -2.13. The second kappa shape index (κ2) is 41.3. The van der Waals surface area contributed by atoms with Gasteiger partial charge >= 0.3 is 36.2 Å². The molecule has 41 heteroatoms. The molecule has 0 unspecified atom stereocenters. The second-order valence-electron chi connectivity index (χ2n) is 25.5. The van der Waals surface area contributed by atoms with E-state index in [4.69, 9.17) is 63.6 Å². The zero-order valence-corrected chi connectivity index (χ0v) is 67.3. The third kappa shape index (κ3) is 24.7. The largest absolute Gasteiger partial charge is 0.573 e. The van der Waals surface area contributed by atoms with E-state index in [1.165, 1.54) is 84.0 Å². The monoisotopic (exact) mass is 1780 g/mol. The first-order chi connectivity index (χ1) is 56.1. The summed E-state index contributed by atoms with van der Waals surface area (Å²) in [6.45, 7) is 4.88. The molecule has 0 radical (unpaired) electrons. The summed E-state index contributed by atoms with van der Waals surface area (Å²) in [5.41, 5.74) is 1.19. The molecule has 28 nitrogen and oxygen atoms in total. The maximum Gasteiger partial charge on any atom is 0.573 e. The van der Waals surface area contributed by atoms with Gasteiger partial charge in [0.05, 0.1) is 26.2 Å². The number of aromatic nitrogens is 12. The lowest BCUT2D eigenvalue weighted by molar-refractivity contribution is -0.275. The van der Waals surface area contributed by atoms with Crippen molar-refractivity contribution < 1.29 is 87.6 Å². The van der Waals surface area contributed by atoms with Crippen LogP contribution >= 0.6 is 50.7 Å². The van der Waals surface area contributed by atoms with E-state index in [0.29, 0.717) is 50.5 Å². The standard InChI is InChI=1S/C26H26ClF3N4O5.C25H24ClF3N4O6.C17H18BrClN4O2.C9H9F3O3/c1-3-4-12-33-23(35)21-22(32(2)25(33)36)31-24(34(21)16-17-8-10-18(27)11-9-17)38-14-13-37-19-6-5-7-20(15-19)39-26(28,29)30;1-31-21-20(22(35)32(24(31)36)10-3-11-34)33(15-16-6-8-17(26)9-7-16)23(30-21)38-13-12-37-18-4-2-5-19(14-18)39-25(27,28)29;1-3-4-9-22-15(24)13-14(21(2)17(22)25)20-16(18)23(13)10-11-5-7-12(19)8-6-11;10-9(11,12)15-8-3-1-2-7(6-8)14-5-4-13/h5-11,15H,3-4,12-14,16H2,1-2H3;2,4-9,14,34H,3,10-13,15H2,1H3;5-8H,3-4,9-10H2,1-2H3;1-3,6,13H,4-5H2. The first kappa shape index (κ1) is 90.7. The van der Waals surface area contributed by atoms with Crippen LogP contribution in [0.4, 0.5) is 39.5 Å². The van der Waals surface area contributed by atoms with Crippen LogP contribution in [0.25, 0.3) is 33.5 Å². The van der Waals surface area contributed by atoms with Crippen molar-refractivity contribution >= 4 is 84.2 Å². The van der Waals surface area contributed by atoms with Crippen LogP contribution in [0.15, 0.2) is 179 Å². The molecule has 0 saturated carbocycles. The second-order valence-corrected chi connectivity index (χ2v) is 27.6. The summed E-state index contributed by atoms with van der Waals surface area (Å²) in [5, 5.41) is 19.4. The Labute approximate surface area is 687 Å². The molecule has 0 atom stereocenters. The minimum Gasteiger partial charge on any atom is -0.491 e. The Morgan fingerprint density at radius 3 is 0.975 bits per heavy atom. The number of imidazole rings is 3. The molecule has 0 aliphatic heterocycles. The summed E-state index contributed by atoms with van der Waals surface area (Å²) in [6.07, 6.45) is -11.0. The molecule has 632 valence electrons. The van der Waals surface area contributed by atoms with Crippen molar-refractivity contribution in [3.05, 3.63) is 245 Å². The molecule has 6 aromatic carbocycles. The van der Waals surface area contributed by atoms with E-state index in [9.17, 15) is 73.4 Å². The highest BCUT2D eigenvalue weighted by atomic mass is 79.9. The zero-order valence-electron chi connectivity index (χ0n) is 63.5. The molecular formula is C77H77BrCl3F9N12O16. The lowest BCUT2D eigenvalue weighted by atomic mass is 10.2.